The molecular formula is C22H36N8O6. The van der Waals surface area contributed by atoms with Gasteiger partial charge in [0.15, 0.2) is 5.96 Å². The molecule has 0 aliphatic rings. The van der Waals surface area contributed by atoms with Crippen LogP contribution >= 0.6 is 0 Å². The second-order valence-corrected chi connectivity index (χ2v) is 8.45. The van der Waals surface area contributed by atoms with Crippen molar-refractivity contribution in [2.24, 2.45) is 28.1 Å². The zero-order valence-corrected chi connectivity index (χ0v) is 20.6. The van der Waals surface area contributed by atoms with E-state index in [0.29, 0.717) is 18.5 Å². The van der Waals surface area contributed by atoms with E-state index in [2.05, 4.69) is 20.9 Å². The Hall–Kier alpha value is -3.78. The van der Waals surface area contributed by atoms with E-state index in [1.807, 2.05) is 6.92 Å². The third-order valence-electron chi connectivity index (χ3n) is 5.51. The van der Waals surface area contributed by atoms with E-state index in [0.717, 1.165) is 0 Å². The Bertz CT molecular complexity index is 933. The number of nitrogens with one attached hydrogen (secondary N) is 3. The van der Waals surface area contributed by atoms with Gasteiger partial charge in [0.05, 0.1) is 17.1 Å². The molecule has 1 rings (SSSR count). The lowest BCUT2D eigenvalue weighted by atomic mass is 9.97. The standard InChI is InChI=1S/C22H36N8O6/c1-4-12(2)17(20(33)27-14-7-9-15(10-8-14)30(35)36)28-21(34)18(13(3)31)29-19(32)16(23)6-5-11-26-22(24)25/h7-10,12-13,16-18,31H,4-6,11,23H2,1-3H3,(H,27,33)(H,28,34)(H,29,32)(H4,24,25,26)/t12-,13+,16-,17-,18-/m0/s1. The van der Waals surface area contributed by atoms with Crippen LogP contribution in [-0.4, -0.2) is 64.5 Å². The topological polar surface area (TPSA) is 241 Å². The second-order valence-electron chi connectivity index (χ2n) is 8.45. The summed E-state index contributed by atoms with van der Waals surface area (Å²) in [5, 5.41) is 28.6. The Morgan fingerprint density at radius 3 is 2.14 bits per heavy atom. The molecule has 1 aromatic carbocycles. The lowest BCUT2D eigenvalue weighted by molar-refractivity contribution is -0.384. The number of non-ortho nitro benzene ring substituents is 1. The average molecular weight is 509 g/mol. The Balaban J connectivity index is 2.87. The summed E-state index contributed by atoms with van der Waals surface area (Å²) in [5.41, 5.74) is 16.5. The number of guanidine groups is 1. The fraction of sp³-hybridized carbons (Fsp3) is 0.545. The zero-order valence-electron chi connectivity index (χ0n) is 20.6. The molecule has 0 aliphatic heterocycles. The van der Waals surface area contributed by atoms with E-state index in [1.165, 1.54) is 31.2 Å². The van der Waals surface area contributed by atoms with Gasteiger partial charge < -0.3 is 38.3 Å². The van der Waals surface area contributed by atoms with E-state index in [1.54, 1.807) is 6.92 Å². The molecule has 10 N–H and O–H groups in total. The molecule has 0 fully saturated rings. The normalized spacial score (nSPS) is 14.9. The smallest absolute Gasteiger partial charge is 0.269 e. The van der Waals surface area contributed by atoms with Crippen LogP contribution in [0.2, 0.25) is 0 Å². The van der Waals surface area contributed by atoms with Crippen molar-refractivity contribution < 1.29 is 24.4 Å². The van der Waals surface area contributed by atoms with Gasteiger partial charge in [-0.25, -0.2) is 0 Å². The number of nitrogens with zero attached hydrogens (tertiary/aromatic N) is 2. The molecule has 0 aromatic heterocycles. The number of anilines is 1. The van der Waals surface area contributed by atoms with Crippen molar-refractivity contribution in [3.63, 3.8) is 0 Å². The largest absolute Gasteiger partial charge is 0.391 e. The first kappa shape index (κ1) is 30.3. The predicted molar refractivity (Wildman–Crippen MR) is 135 cm³/mol. The van der Waals surface area contributed by atoms with Gasteiger partial charge in [0.2, 0.25) is 17.7 Å². The summed E-state index contributed by atoms with van der Waals surface area (Å²) < 4.78 is 0. The van der Waals surface area contributed by atoms with Gasteiger partial charge in [-0.1, -0.05) is 20.3 Å². The van der Waals surface area contributed by atoms with E-state index >= 15 is 0 Å². The molecule has 0 aliphatic carbocycles. The van der Waals surface area contributed by atoms with E-state index < -0.39 is 46.9 Å². The highest BCUT2D eigenvalue weighted by Gasteiger charge is 2.33. The first-order chi connectivity index (χ1) is 16.9. The zero-order chi connectivity index (χ0) is 27.4. The summed E-state index contributed by atoms with van der Waals surface area (Å²) in [6.45, 7) is 5.19. The molecule has 0 radical (unpaired) electrons. The SMILES string of the molecule is CC[C@H](C)[C@H](NC(=O)[C@@H](NC(=O)[C@@H](N)CCCN=C(N)N)[C@@H](C)O)C(=O)Nc1ccc([N+](=O)[O-])cc1. The number of carbonyl (C=O) groups is 3. The second kappa shape index (κ2) is 14.6. The van der Waals surface area contributed by atoms with Crippen molar-refractivity contribution in [1.82, 2.24) is 10.6 Å². The number of carbonyl (C=O) groups excluding carboxylic acids is 3. The number of benzene rings is 1. The predicted octanol–water partition coefficient (Wildman–Crippen LogP) is -0.689. The molecule has 14 heteroatoms. The number of nitrogens with two attached hydrogens (primary N) is 3. The van der Waals surface area contributed by atoms with Crippen molar-refractivity contribution in [1.29, 1.82) is 0 Å². The van der Waals surface area contributed by atoms with Crippen LogP contribution in [0, 0.1) is 16.0 Å². The van der Waals surface area contributed by atoms with Gasteiger partial charge >= 0.3 is 0 Å². The van der Waals surface area contributed by atoms with Crippen molar-refractivity contribution in [3.05, 3.63) is 34.4 Å². The van der Waals surface area contributed by atoms with Gasteiger partial charge in [0.1, 0.15) is 12.1 Å². The molecule has 36 heavy (non-hydrogen) atoms. The van der Waals surface area contributed by atoms with Gasteiger partial charge in [0, 0.05) is 24.4 Å². The maximum atomic E-state index is 13.0. The molecule has 14 nitrogen and oxygen atoms in total. The maximum absolute atomic E-state index is 13.0. The van der Waals surface area contributed by atoms with Crippen LogP contribution in [0.15, 0.2) is 29.3 Å². The van der Waals surface area contributed by atoms with Crippen molar-refractivity contribution in [3.8, 4) is 0 Å². The summed E-state index contributed by atoms with van der Waals surface area (Å²) in [4.78, 5) is 52.4. The maximum Gasteiger partial charge on any atom is 0.269 e. The summed E-state index contributed by atoms with van der Waals surface area (Å²) in [7, 11) is 0. The van der Waals surface area contributed by atoms with E-state index in [-0.39, 0.29) is 30.5 Å². The molecule has 0 saturated carbocycles. The Morgan fingerprint density at radius 2 is 1.64 bits per heavy atom. The fourth-order valence-electron chi connectivity index (χ4n) is 3.15. The third kappa shape index (κ3) is 9.84. The highest BCUT2D eigenvalue weighted by Crippen LogP contribution is 2.17. The summed E-state index contributed by atoms with van der Waals surface area (Å²) in [6.07, 6.45) is -0.0793. The molecule has 3 amide bonds. The van der Waals surface area contributed by atoms with Crippen molar-refractivity contribution >= 4 is 35.1 Å². The lowest BCUT2D eigenvalue weighted by Gasteiger charge is -2.28. The van der Waals surface area contributed by atoms with Gasteiger partial charge in [-0.05, 0) is 37.8 Å². The first-order valence-electron chi connectivity index (χ1n) is 11.5. The first-order valence-corrected chi connectivity index (χ1v) is 11.5. The number of hydrogen-bond donors (Lipinski definition) is 7. The fourth-order valence-corrected chi connectivity index (χ4v) is 3.15. The number of aliphatic hydroxyl groups is 1. The lowest BCUT2D eigenvalue weighted by Crippen LogP contribution is -2.59. The highest BCUT2D eigenvalue weighted by molar-refractivity contribution is 5.99. The number of nitro benzene ring substituents is 1. The summed E-state index contributed by atoms with van der Waals surface area (Å²) >= 11 is 0. The van der Waals surface area contributed by atoms with Gasteiger partial charge in [-0.15, -0.1) is 0 Å². The number of aliphatic hydroxyl groups excluding tert-OH is 1. The van der Waals surface area contributed by atoms with E-state index in [4.69, 9.17) is 17.2 Å². The minimum atomic E-state index is -1.36. The van der Waals surface area contributed by atoms with Crippen LogP contribution < -0.4 is 33.2 Å². The molecule has 200 valence electrons. The quantitative estimate of drug-likeness (QED) is 0.0552. The average Bonchev–Trinajstić information content (AvgIpc) is 2.82. The molecule has 0 unspecified atom stereocenters. The molecule has 0 saturated heterocycles. The number of amides is 3. The van der Waals surface area contributed by atoms with Crippen molar-refractivity contribution in [2.45, 2.75) is 64.3 Å². The minimum Gasteiger partial charge on any atom is -0.391 e. The molecular weight excluding hydrogens is 472 g/mol. The summed E-state index contributed by atoms with van der Waals surface area (Å²) in [5.74, 6) is -2.37. The van der Waals surface area contributed by atoms with Crippen molar-refractivity contribution in [2.75, 3.05) is 11.9 Å². The summed E-state index contributed by atoms with van der Waals surface area (Å²) in [6, 6.07) is 1.89. The van der Waals surface area contributed by atoms with E-state index in [9.17, 15) is 29.6 Å². The molecule has 0 bridgehead atoms. The number of nitro groups is 1. The monoisotopic (exact) mass is 508 g/mol. The minimum absolute atomic E-state index is 0.0765. The Labute approximate surface area is 209 Å². The van der Waals surface area contributed by atoms with Crippen LogP contribution in [0.1, 0.15) is 40.0 Å². The molecule has 5 atom stereocenters. The van der Waals surface area contributed by atoms with Crippen LogP contribution in [0.4, 0.5) is 11.4 Å². The van der Waals surface area contributed by atoms with Gasteiger partial charge in [-0.3, -0.25) is 29.5 Å². The van der Waals surface area contributed by atoms with Crippen LogP contribution in [0.5, 0.6) is 0 Å². The van der Waals surface area contributed by atoms with Crippen LogP contribution in [0.25, 0.3) is 0 Å². The molecule has 0 heterocycles. The Kier molecular flexibility index (Phi) is 12.3. The van der Waals surface area contributed by atoms with Crippen LogP contribution in [-0.2, 0) is 14.4 Å². The molecule has 0 spiro atoms. The number of hydrogen-bond acceptors (Lipinski definition) is 8. The van der Waals surface area contributed by atoms with Gasteiger partial charge in [0.25, 0.3) is 5.69 Å². The molecule has 1 aromatic rings. The third-order valence-corrected chi connectivity index (χ3v) is 5.51. The Morgan fingerprint density at radius 1 is 1.06 bits per heavy atom. The van der Waals surface area contributed by atoms with Crippen LogP contribution in [0.3, 0.4) is 0 Å². The number of aliphatic imine (C=N–C) groups is 1. The number of rotatable bonds is 14. The van der Waals surface area contributed by atoms with Gasteiger partial charge in [-0.2, -0.15) is 0 Å². The highest BCUT2D eigenvalue weighted by atomic mass is 16.6.